The molecule has 0 atom stereocenters. The van der Waals surface area contributed by atoms with Crippen molar-refractivity contribution in [2.45, 2.75) is 116 Å². The van der Waals surface area contributed by atoms with Crippen LogP contribution in [-0.2, 0) is 0 Å². The Bertz CT molecular complexity index is 881. The van der Waals surface area contributed by atoms with Gasteiger partial charge < -0.3 is 10.2 Å². The second-order valence-corrected chi connectivity index (χ2v) is 11.6. The van der Waals surface area contributed by atoms with Crippen molar-refractivity contribution in [2.75, 3.05) is 0 Å². The van der Waals surface area contributed by atoms with Crippen molar-refractivity contribution in [2.24, 2.45) is 11.8 Å². The molecule has 2 fully saturated rings. The van der Waals surface area contributed by atoms with Gasteiger partial charge in [0.15, 0.2) is 0 Å². The van der Waals surface area contributed by atoms with Gasteiger partial charge in [0.1, 0.15) is 0 Å². The number of rotatable bonds is 10. The molecule has 4 heteroatoms. The minimum atomic E-state index is -0.838. The zero-order valence-corrected chi connectivity index (χ0v) is 23.5. The van der Waals surface area contributed by atoms with Crippen LogP contribution in [0.3, 0.4) is 0 Å². The van der Waals surface area contributed by atoms with Crippen LogP contribution in [0.25, 0.3) is 0 Å². The minimum absolute atomic E-state index is 0.389. The smallest absolute Gasteiger partial charge is 0.335 e. The highest BCUT2D eigenvalue weighted by atomic mass is 16.4. The zero-order valence-electron chi connectivity index (χ0n) is 23.5. The molecular formula is C34H48O4. The van der Waals surface area contributed by atoms with Gasteiger partial charge in [-0.1, -0.05) is 76.6 Å². The average molecular weight is 521 g/mol. The lowest BCUT2D eigenvalue weighted by molar-refractivity contribution is 0.0686. The summed E-state index contributed by atoms with van der Waals surface area (Å²) < 4.78 is 0. The molecule has 4 nitrogen and oxygen atoms in total. The van der Waals surface area contributed by atoms with Crippen LogP contribution in [0.2, 0.25) is 0 Å². The van der Waals surface area contributed by atoms with Crippen molar-refractivity contribution in [3.8, 4) is 0 Å². The van der Waals surface area contributed by atoms with Gasteiger partial charge >= 0.3 is 11.9 Å². The van der Waals surface area contributed by atoms with E-state index in [1.807, 2.05) is 24.3 Å². The quantitative estimate of drug-likeness (QED) is 0.327. The van der Waals surface area contributed by atoms with E-state index < -0.39 is 11.9 Å². The Balaban J connectivity index is 0.000000211. The number of unbranched alkanes of at least 4 members (excludes halogenated alkanes) is 2. The maximum Gasteiger partial charge on any atom is 0.335 e. The number of carboxylic acid groups (broad SMARTS) is 2. The lowest BCUT2D eigenvalue weighted by Gasteiger charge is -2.28. The molecule has 2 aliphatic rings. The fraction of sp³-hybridized carbons (Fsp3) is 0.588. The van der Waals surface area contributed by atoms with Gasteiger partial charge in [-0.3, -0.25) is 0 Å². The largest absolute Gasteiger partial charge is 0.478 e. The Hall–Kier alpha value is -2.62. The molecule has 2 N–H and O–H groups in total. The first kappa shape index (κ1) is 29.9. The Morgan fingerprint density at radius 2 is 0.895 bits per heavy atom. The van der Waals surface area contributed by atoms with Crippen molar-refractivity contribution in [3.63, 3.8) is 0 Å². The van der Waals surface area contributed by atoms with Crippen LogP contribution >= 0.6 is 0 Å². The van der Waals surface area contributed by atoms with Crippen LogP contribution in [0.1, 0.15) is 147 Å². The summed E-state index contributed by atoms with van der Waals surface area (Å²) in [5.41, 5.74) is 3.42. The topological polar surface area (TPSA) is 74.6 Å². The second kappa shape index (κ2) is 15.7. The molecule has 0 heterocycles. The summed E-state index contributed by atoms with van der Waals surface area (Å²) in [7, 11) is 0. The summed E-state index contributed by atoms with van der Waals surface area (Å²) in [4.78, 5) is 21.7. The lowest BCUT2D eigenvalue weighted by Crippen LogP contribution is -2.13. The van der Waals surface area contributed by atoms with Crippen LogP contribution in [0.15, 0.2) is 48.5 Å². The summed E-state index contributed by atoms with van der Waals surface area (Å²) in [6.07, 6.45) is 18.5. The molecule has 2 aliphatic carbocycles. The fourth-order valence-corrected chi connectivity index (χ4v) is 6.35. The molecule has 0 amide bonds. The second-order valence-electron chi connectivity index (χ2n) is 11.6. The van der Waals surface area contributed by atoms with E-state index in [1.165, 1.54) is 101 Å². The zero-order chi connectivity index (χ0) is 27.3. The molecule has 38 heavy (non-hydrogen) atoms. The van der Waals surface area contributed by atoms with E-state index in [0.29, 0.717) is 23.0 Å². The molecule has 0 bridgehead atoms. The van der Waals surface area contributed by atoms with Crippen molar-refractivity contribution in [3.05, 3.63) is 70.8 Å². The average Bonchev–Trinajstić information content (AvgIpc) is 2.96. The van der Waals surface area contributed by atoms with Crippen molar-refractivity contribution >= 4 is 11.9 Å². The maximum absolute atomic E-state index is 10.8. The fourth-order valence-electron chi connectivity index (χ4n) is 6.35. The van der Waals surface area contributed by atoms with Gasteiger partial charge in [0.05, 0.1) is 11.1 Å². The lowest BCUT2D eigenvalue weighted by atomic mass is 9.77. The monoisotopic (exact) mass is 520 g/mol. The maximum atomic E-state index is 10.8. The molecule has 2 saturated carbocycles. The normalized spacial score (nSPS) is 23.2. The van der Waals surface area contributed by atoms with E-state index in [9.17, 15) is 9.59 Å². The van der Waals surface area contributed by atoms with Crippen LogP contribution in [0, 0.1) is 11.8 Å². The Kier molecular flexibility index (Phi) is 12.4. The van der Waals surface area contributed by atoms with Crippen molar-refractivity contribution < 1.29 is 19.8 Å². The summed E-state index contributed by atoms with van der Waals surface area (Å²) in [6.45, 7) is 4.52. The van der Waals surface area contributed by atoms with E-state index in [-0.39, 0.29) is 0 Å². The molecule has 0 spiro atoms. The van der Waals surface area contributed by atoms with Gasteiger partial charge in [-0.15, -0.1) is 0 Å². The summed E-state index contributed by atoms with van der Waals surface area (Å²) >= 11 is 0. The van der Waals surface area contributed by atoms with E-state index >= 15 is 0 Å². The molecular weight excluding hydrogens is 472 g/mol. The Morgan fingerprint density at radius 1 is 0.579 bits per heavy atom. The predicted octanol–water partition coefficient (Wildman–Crippen LogP) is 9.70. The summed E-state index contributed by atoms with van der Waals surface area (Å²) in [5, 5.41) is 17.8. The standard InChI is InChI=1S/2C17H24O2/c2*1-2-3-4-13-5-7-14(8-6-13)15-9-11-16(12-10-15)17(18)19/h2*9-14H,2-8H2,1H3,(H,18,19). The molecule has 2 aromatic carbocycles. The Morgan fingerprint density at radius 3 is 1.16 bits per heavy atom. The van der Waals surface area contributed by atoms with Crippen LogP contribution < -0.4 is 0 Å². The predicted molar refractivity (Wildman–Crippen MR) is 155 cm³/mol. The van der Waals surface area contributed by atoms with Crippen LogP contribution in [-0.4, -0.2) is 22.2 Å². The number of aromatic carboxylic acids is 2. The molecule has 2 aromatic rings. The Labute approximate surface area is 229 Å². The number of carbonyl (C=O) groups is 2. The minimum Gasteiger partial charge on any atom is -0.478 e. The van der Waals surface area contributed by atoms with E-state index in [2.05, 4.69) is 13.8 Å². The third kappa shape index (κ3) is 9.29. The van der Waals surface area contributed by atoms with Crippen molar-refractivity contribution in [1.82, 2.24) is 0 Å². The molecule has 0 aliphatic heterocycles. The first-order valence-electron chi connectivity index (χ1n) is 15.1. The van der Waals surface area contributed by atoms with Crippen LogP contribution in [0.5, 0.6) is 0 Å². The third-order valence-electron chi connectivity index (χ3n) is 8.88. The molecule has 0 saturated heterocycles. The van der Waals surface area contributed by atoms with Gasteiger partial charge in [0.25, 0.3) is 0 Å². The van der Waals surface area contributed by atoms with Gasteiger partial charge in [0.2, 0.25) is 0 Å². The molecule has 0 radical (unpaired) electrons. The third-order valence-corrected chi connectivity index (χ3v) is 8.88. The number of carboxylic acids is 2. The summed E-state index contributed by atoms with van der Waals surface area (Å²) in [5.74, 6) is 1.45. The van der Waals surface area contributed by atoms with E-state index in [4.69, 9.17) is 10.2 Å². The van der Waals surface area contributed by atoms with Crippen LogP contribution in [0.4, 0.5) is 0 Å². The van der Waals surface area contributed by atoms with E-state index in [1.54, 1.807) is 24.3 Å². The highest BCUT2D eigenvalue weighted by molar-refractivity contribution is 5.88. The number of hydrogen-bond acceptors (Lipinski definition) is 2. The van der Waals surface area contributed by atoms with Gasteiger partial charge in [-0.25, -0.2) is 9.59 Å². The highest BCUT2D eigenvalue weighted by Gasteiger charge is 2.23. The van der Waals surface area contributed by atoms with Gasteiger partial charge in [-0.2, -0.15) is 0 Å². The van der Waals surface area contributed by atoms with Crippen molar-refractivity contribution in [1.29, 1.82) is 0 Å². The number of hydrogen-bond donors (Lipinski definition) is 2. The van der Waals surface area contributed by atoms with Gasteiger partial charge in [-0.05, 0) is 110 Å². The molecule has 208 valence electrons. The SMILES string of the molecule is CCCCC1CCC(c2ccc(C(=O)O)cc2)CC1.CCCCC1CCC(c2ccc(C(=O)O)cc2)CC1. The molecule has 0 aromatic heterocycles. The first-order chi connectivity index (χ1) is 18.4. The van der Waals surface area contributed by atoms with E-state index in [0.717, 1.165) is 11.8 Å². The molecule has 0 unspecified atom stereocenters. The molecule has 4 rings (SSSR count). The van der Waals surface area contributed by atoms with Gasteiger partial charge in [0, 0.05) is 0 Å². The first-order valence-corrected chi connectivity index (χ1v) is 15.1. The summed E-state index contributed by atoms with van der Waals surface area (Å²) in [6, 6.07) is 14.9. The highest BCUT2D eigenvalue weighted by Crippen LogP contribution is 2.38. The number of benzene rings is 2.